The van der Waals surface area contributed by atoms with Gasteiger partial charge in [0.15, 0.2) is 0 Å². The molecule has 7 heteroatoms. The van der Waals surface area contributed by atoms with Gasteiger partial charge in [0.25, 0.3) is 5.69 Å². The van der Waals surface area contributed by atoms with Crippen molar-refractivity contribution in [1.82, 2.24) is 0 Å². The molecule has 100 valence electrons. The van der Waals surface area contributed by atoms with E-state index in [1.165, 1.54) is 12.1 Å². The Balaban J connectivity index is 0.00000289. The third-order valence-corrected chi connectivity index (χ3v) is 2.28. The number of hydrogen-bond donors (Lipinski definition) is 2. The van der Waals surface area contributed by atoms with Crippen LogP contribution in [-0.4, -0.2) is 16.9 Å². The molecule has 3 N–H and O–H groups in total. The van der Waals surface area contributed by atoms with Gasteiger partial charge in [-0.15, -0.1) is 12.4 Å². The Morgan fingerprint density at radius 2 is 2.17 bits per heavy atom. The number of nitro benzene ring substituents is 1. The summed E-state index contributed by atoms with van der Waals surface area (Å²) in [6.07, 6.45) is 0.183. The summed E-state index contributed by atoms with van der Waals surface area (Å²) >= 11 is 0. The van der Waals surface area contributed by atoms with E-state index in [1.807, 2.05) is 0 Å². The molecular formula is C11H16ClN3O3. The number of rotatable bonds is 4. The van der Waals surface area contributed by atoms with Crippen molar-refractivity contribution in [2.75, 3.05) is 5.32 Å². The highest BCUT2D eigenvalue weighted by Gasteiger charge is 2.15. The van der Waals surface area contributed by atoms with E-state index in [4.69, 9.17) is 5.73 Å². The number of anilines is 1. The van der Waals surface area contributed by atoms with Gasteiger partial charge in [-0.25, -0.2) is 0 Å². The van der Waals surface area contributed by atoms with E-state index >= 15 is 0 Å². The average Bonchev–Trinajstić information content (AvgIpc) is 2.19. The molecule has 1 amide bonds. The first-order valence-electron chi connectivity index (χ1n) is 5.21. The maximum absolute atomic E-state index is 11.5. The van der Waals surface area contributed by atoms with Crippen molar-refractivity contribution in [3.05, 3.63) is 33.9 Å². The van der Waals surface area contributed by atoms with Crippen LogP contribution in [0.1, 0.15) is 18.9 Å². The zero-order chi connectivity index (χ0) is 13.0. The number of hydrogen-bond acceptors (Lipinski definition) is 4. The number of amides is 1. The maximum Gasteiger partial charge on any atom is 0.274 e. The monoisotopic (exact) mass is 273 g/mol. The van der Waals surface area contributed by atoms with Crippen LogP contribution in [0.15, 0.2) is 18.2 Å². The van der Waals surface area contributed by atoms with Gasteiger partial charge in [0.05, 0.1) is 16.2 Å². The van der Waals surface area contributed by atoms with Gasteiger partial charge in [-0.05, 0) is 19.9 Å². The summed E-state index contributed by atoms with van der Waals surface area (Å²) in [4.78, 5) is 21.7. The minimum absolute atomic E-state index is 0. The molecule has 0 heterocycles. The Kier molecular flexibility index (Phi) is 6.29. The molecule has 0 aliphatic heterocycles. The molecule has 0 saturated heterocycles. The van der Waals surface area contributed by atoms with E-state index in [-0.39, 0.29) is 36.5 Å². The lowest BCUT2D eigenvalue weighted by molar-refractivity contribution is -0.385. The van der Waals surface area contributed by atoms with Crippen molar-refractivity contribution in [3.8, 4) is 0 Å². The van der Waals surface area contributed by atoms with Crippen LogP contribution in [0.4, 0.5) is 11.4 Å². The molecule has 0 aliphatic rings. The van der Waals surface area contributed by atoms with Gasteiger partial charge in [0.2, 0.25) is 5.91 Å². The number of nitrogens with zero attached hydrogens (tertiary/aromatic N) is 1. The first-order chi connectivity index (χ1) is 7.91. The fourth-order valence-electron chi connectivity index (χ4n) is 1.45. The standard InChI is InChI=1S/C11H15N3O3.ClH/c1-7(12)6-11(15)13-9-4-3-5-10(8(9)2)14(16)17;/h3-5,7H,6,12H2,1-2H3,(H,13,15);1H. The third-order valence-electron chi connectivity index (χ3n) is 2.28. The Hall–Kier alpha value is -1.66. The van der Waals surface area contributed by atoms with Crippen LogP contribution in [0.3, 0.4) is 0 Å². The summed E-state index contributed by atoms with van der Waals surface area (Å²) in [6.45, 7) is 3.32. The van der Waals surface area contributed by atoms with E-state index in [0.29, 0.717) is 11.3 Å². The van der Waals surface area contributed by atoms with Crippen LogP contribution in [0, 0.1) is 17.0 Å². The van der Waals surface area contributed by atoms with E-state index in [1.54, 1.807) is 19.9 Å². The van der Waals surface area contributed by atoms with E-state index < -0.39 is 4.92 Å². The zero-order valence-corrected chi connectivity index (χ0v) is 11.0. The summed E-state index contributed by atoms with van der Waals surface area (Å²) < 4.78 is 0. The van der Waals surface area contributed by atoms with Crippen molar-refractivity contribution in [2.24, 2.45) is 5.73 Å². The van der Waals surface area contributed by atoms with Gasteiger partial charge in [0.1, 0.15) is 0 Å². The van der Waals surface area contributed by atoms with Gasteiger partial charge in [-0.1, -0.05) is 6.07 Å². The van der Waals surface area contributed by atoms with E-state index in [9.17, 15) is 14.9 Å². The zero-order valence-electron chi connectivity index (χ0n) is 10.2. The molecule has 1 atom stereocenters. The molecule has 0 spiro atoms. The van der Waals surface area contributed by atoms with Crippen LogP contribution in [0.25, 0.3) is 0 Å². The molecule has 0 aliphatic carbocycles. The molecule has 1 rings (SSSR count). The van der Waals surface area contributed by atoms with Crippen LogP contribution >= 0.6 is 12.4 Å². The van der Waals surface area contributed by atoms with Crippen LogP contribution in [-0.2, 0) is 4.79 Å². The summed E-state index contributed by atoms with van der Waals surface area (Å²) in [5.74, 6) is -0.247. The normalized spacial score (nSPS) is 11.3. The first-order valence-corrected chi connectivity index (χ1v) is 5.21. The summed E-state index contributed by atoms with van der Waals surface area (Å²) in [6, 6.07) is 4.32. The Bertz CT molecular complexity index is 449. The van der Waals surface area contributed by atoms with Crippen molar-refractivity contribution in [3.63, 3.8) is 0 Å². The molecule has 0 bridgehead atoms. The minimum atomic E-state index is -0.476. The van der Waals surface area contributed by atoms with Gasteiger partial charge in [-0.2, -0.15) is 0 Å². The highest BCUT2D eigenvalue weighted by molar-refractivity contribution is 5.92. The Labute approximate surface area is 111 Å². The second-order valence-electron chi connectivity index (χ2n) is 3.94. The summed E-state index contributed by atoms with van der Waals surface area (Å²) in [5, 5.41) is 13.3. The molecule has 0 fully saturated rings. The Morgan fingerprint density at radius 1 is 1.56 bits per heavy atom. The average molecular weight is 274 g/mol. The summed E-state index contributed by atoms with van der Waals surface area (Å²) in [5.41, 5.74) is 6.37. The van der Waals surface area contributed by atoms with Gasteiger partial charge >= 0.3 is 0 Å². The van der Waals surface area contributed by atoms with Gasteiger partial charge in [-0.3, -0.25) is 14.9 Å². The topological polar surface area (TPSA) is 98.3 Å². The van der Waals surface area contributed by atoms with Crippen LogP contribution in [0.2, 0.25) is 0 Å². The lowest BCUT2D eigenvalue weighted by Gasteiger charge is -2.09. The molecule has 0 aromatic heterocycles. The lowest BCUT2D eigenvalue weighted by Crippen LogP contribution is -2.24. The predicted octanol–water partition coefficient (Wildman–Crippen LogP) is 2.00. The number of nitrogens with two attached hydrogens (primary N) is 1. The van der Waals surface area contributed by atoms with E-state index in [2.05, 4.69) is 5.32 Å². The fraction of sp³-hybridized carbons (Fsp3) is 0.364. The smallest absolute Gasteiger partial charge is 0.274 e. The molecule has 1 unspecified atom stereocenters. The number of nitrogens with one attached hydrogen (secondary N) is 1. The first kappa shape index (κ1) is 16.3. The van der Waals surface area contributed by atoms with Crippen molar-refractivity contribution < 1.29 is 9.72 Å². The number of carbonyl (C=O) groups is 1. The third kappa shape index (κ3) is 4.31. The van der Waals surface area contributed by atoms with Crippen molar-refractivity contribution in [2.45, 2.75) is 26.3 Å². The highest BCUT2D eigenvalue weighted by Crippen LogP contribution is 2.25. The molecular weight excluding hydrogens is 258 g/mol. The second-order valence-corrected chi connectivity index (χ2v) is 3.94. The number of nitro groups is 1. The Morgan fingerprint density at radius 3 is 2.67 bits per heavy atom. The molecule has 0 saturated carbocycles. The van der Waals surface area contributed by atoms with E-state index in [0.717, 1.165) is 0 Å². The molecule has 18 heavy (non-hydrogen) atoms. The van der Waals surface area contributed by atoms with Gasteiger partial charge < -0.3 is 11.1 Å². The SMILES string of the molecule is Cc1c(NC(=O)CC(C)N)cccc1[N+](=O)[O-].Cl. The number of carbonyl (C=O) groups excluding carboxylic acids is 1. The number of halogens is 1. The predicted molar refractivity (Wildman–Crippen MR) is 72.0 cm³/mol. The quantitative estimate of drug-likeness (QED) is 0.647. The lowest BCUT2D eigenvalue weighted by atomic mass is 10.1. The van der Waals surface area contributed by atoms with Crippen molar-refractivity contribution >= 4 is 29.7 Å². The number of benzene rings is 1. The molecule has 1 aromatic rings. The molecule has 6 nitrogen and oxygen atoms in total. The largest absolute Gasteiger partial charge is 0.327 e. The highest BCUT2D eigenvalue weighted by atomic mass is 35.5. The van der Waals surface area contributed by atoms with Gasteiger partial charge in [0, 0.05) is 18.5 Å². The molecule has 0 radical (unpaired) electrons. The fourth-order valence-corrected chi connectivity index (χ4v) is 1.45. The van der Waals surface area contributed by atoms with Crippen LogP contribution in [0.5, 0.6) is 0 Å². The molecule has 1 aromatic carbocycles. The second kappa shape index (κ2) is 6.93. The minimum Gasteiger partial charge on any atom is -0.327 e. The van der Waals surface area contributed by atoms with Crippen molar-refractivity contribution in [1.29, 1.82) is 0 Å². The maximum atomic E-state index is 11.5. The van der Waals surface area contributed by atoms with Crippen LogP contribution < -0.4 is 11.1 Å². The summed E-state index contributed by atoms with van der Waals surface area (Å²) in [7, 11) is 0.